The van der Waals surface area contributed by atoms with Gasteiger partial charge < -0.3 is 20.5 Å². The highest BCUT2D eigenvalue weighted by atomic mass is 32.2. The summed E-state index contributed by atoms with van der Waals surface area (Å²) in [5, 5.41) is 15.3. The molecule has 1 fully saturated rings. The molecule has 0 radical (unpaired) electrons. The normalized spacial score (nSPS) is 16.7. The lowest BCUT2D eigenvalue weighted by Gasteiger charge is -2.21. The van der Waals surface area contributed by atoms with Gasteiger partial charge in [-0.15, -0.1) is 11.8 Å². The van der Waals surface area contributed by atoms with E-state index < -0.39 is 0 Å². The second-order valence-electron chi connectivity index (χ2n) is 4.30. The molecule has 0 atom stereocenters. The van der Waals surface area contributed by atoms with Crippen molar-refractivity contribution < 1.29 is 14.6 Å². The minimum Gasteiger partial charge on any atom is -0.394 e. The molecule has 1 amide bonds. The molecule has 1 heterocycles. The van der Waals surface area contributed by atoms with E-state index in [9.17, 15) is 4.79 Å². The van der Waals surface area contributed by atoms with Crippen molar-refractivity contribution in [2.75, 3.05) is 45.2 Å². The van der Waals surface area contributed by atoms with Gasteiger partial charge in [-0.1, -0.05) is 0 Å². The molecular weight excluding hydrogens is 252 g/mol. The summed E-state index contributed by atoms with van der Waals surface area (Å²) in [6.45, 7) is 3.81. The Morgan fingerprint density at radius 2 is 2.17 bits per heavy atom. The fourth-order valence-corrected chi connectivity index (χ4v) is 2.83. The standard InChI is InChI=1S/C12H24N2O3S/c15-7-9-17-8-1-4-14-12(16)10-18-11-2-5-13-6-3-11/h11,13,15H,1-10H2,(H,14,16). The number of amides is 1. The van der Waals surface area contributed by atoms with E-state index in [1.165, 1.54) is 0 Å². The van der Waals surface area contributed by atoms with E-state index in [0.717, 1.165) is 32.4 Å². The predicted octanol–water partition coefficient (Wildman–Crippen LogP) is -0.0132. The lowest BCUT2D eigenvalue weighted by atomic mass is 10.2. The minimum absolute atomic E-state index is 0.0548. The molecular formula is C12H24N2O3S. The minimum atomic E-state index is 0.0548. The van der Waals surface area contributed by atoms with Gasteiger partial charge in [0.05, 0.1) is 19.0 Å². The van der Waals surface area contributed by atoms with Crippen molar-refractivity contribution >= 4 is 17.7 Å². The summed E-state index contributed by atoms with van der Waals surface area (Å²) in [7, 11) is 0. The Morgan fingerprint density at radius 3 is 2.89 bits per heavy atom. The third kappa shape index (κ3) is 7.92. The Kier molecular flexibility index (Phi) is 9.28. The predicted molar refractivity (Wildman–Crippen MR) is 73.9 cm³/mol. The van der Waals surface area contributed by atoms with Gasteiger partial charge in [0, 0.05) is 18.4 Å². The summed E-state index contributed by atoms with van der Waals surface area (Å²) in [5.41, 5.74) is 0. The Balaban J connectivity index is 1.90. The number of aliphatic hydroxyl groups is 1. The number of thioether (sulfide) groups is 1. The average Bonchev–Trinajstić information content (AvgIpc) is 2.41. The fourth-order valence-electron chi connectivity index (χ4n) is 1.78. The van der Waals surface area contributed by atoms with Crippen LogP contribution in [0.2, 0.25) is 0 Å². The number of ether oxygens (including phenoxy) is 1. The molecule has 5 nitrogen and oxygen atoms in total. The van der Waals surface area contributed by atoms with Crippen LogP contribution in [-0.2, 0) is 9.53 Å². The number of nitrogens with one attached hydrogen (secondary N) is 2. The Labute approximate surface area is 113 Å². The first kappa shape index (κ1) is 15.8. The fraction of sp³-hybridized carbons (Fsp3) is 0.917. The second kappa shape index (κ2) is 10.6. The summed E-state index contributed by atoms with van der Waals surface area (Å²) < 4.78 is 5.11. The maximum absolute atomic E-state index is 11.5. The van der Waals surface area contributed by atoms with Crippen LogP contribution in [-0.4, -0.2) is 61.5 Å². The van der Waals surface area contributed by atoms with Crippen LogP contribution >= 0.6 is 11.8 Å². The Hall–Kier alpha value is -0.300. The van der Waals surface area contributed by atoms with E-state index in [1.807, 2.05) is 0 Å². The highest BCUT2D eigenvalue weighted by Gasteiger charge is 2.14. The van der Waals surface area contributed by atoms with E-state index in [2.05, 4.69) is 10.6 Å². The van der Waals surface area contributed by atoms with Gasteiger partial charge in [0.25, 0.3) is 0 Å². The van der Waals surface area contributed by atoms with Crippen molar-refractivity contribution in [3.05, 3.63) is 0 Å². The van der Waals surface area contributed by atoms with Gasteiger partial charge in [0.15, 0.2) is 0 Å². The first-order valence-corrected chi connectivity index (χ1v) is 7.65. The molecule has 0 bridgehead atoms. The third-order valence-corrected chi connectivity index (χ3v) is 4.13. The molecule has 1 saturated heterocycles. The molecule has 0 aromatic rings. The Morgan fingerprint density at radius 1 is 1.39 bits per heavy atom. The zero-order valence-electron chi connectivity index (χ0n) is 10.8. The molecule has 0 saturated carbocycles. The molecule has 0 aliphatic carbocycles. The van der Waals surface area contributed by atoms with Crippen LogP contribution in [0.15, 0.2) is 0 Å². The first-order chi connectivity index (χ1) is 8.83. The van der Waals surface area contributed by atoms with E-state index in [0.29, 0.717) is 30.8 Å². The molecule has 0 aromatic carbocycles. The number of hydrogen-bond donors (Lipinski definition) is 3. The van der Waals surface area contributed by atoms with Crippen LogP contribution < -0.4 is 10.6 Å². The van der Waals surface area contributed by atoms with Crippen LogP contribution in [0.4, 0.5) is 0 Å². The monoisotopic (exact) mass is 276 g/mol. The van der Waals surface area contributed by atoms with Crippen LogP contribution in [0.5, 0.6) is 0 Å². The van der Waals surface area contributed by atoms with Gasteiger partial charge in [-0.2, -0.15) is 0 Å². The van der Waals surface area contributed by atoms with Gasteiger partial charge in [0.1, 0.15) is 0 Å². The molecule has 0 aromatic heterocycles. The third-order valence-electron chi connectivity index (χ3n) is 2.76. The van der Waals surface area contributed by atoms with Crippen LogP contribution in [0.1, 0.15) is 19.3 Å². The molecule has 106 valence electrons. The van der Waals surface area contributed by atoms with Crippen LogP contribution in [0.25, 0.3) is 0 Å². The number of hydrogen-bond acceptors (Lipinski definition) is 5. The van der Waals surface area contributed by atoms with Crippen molar-refractivity contribution in [1.82, 2.24) is 10.6 Å². The molecule has 0 spiro atoms. The van der Waals surface area contributed by atoms with Crippen molar-refractivity contribution in [3.8, 4) is 0 Å². The average molecular weight is 276 g/mol. The number of aliphatic hydroxyl groups excluding tert-OH is 1. The lowest BCUT2D eigenvalue weighted by molar-refractivity contribution is -0.118. The number of carbonyl (C=O) groups excluding carboxylic acids is 1. The topological polar surface area (TPSA) is 70.6 Å². The van der Waals surface area contributed by atoms with Crippen molar-refractivity contribution in [2.45, 2.75) is 24.5 Å². The van der Waals surface area contributed by atoms with Crippen molar-refractivity contribution in [2.24, 2.45) is 0 Å². The first-order valence-electron chi connectivity index (χ1n) is 6.60. The maximum atomic E-state index is 11.5. The van der Waals surface area contributed by atoms with Crippen molar-refractivity contribution in [3.63, 3.8) is 0 Å². The molecule has 1 aliphatic heterocycles. The number of piperidine rings is 1. The lowest BCUT2D eigenvalue weighted by Crippen LogP contribution is -2.31. The summed E-state index contributed by atoms with van der Waals surface area (Å²) in [5.74, 6) is 0.669. The quantitative estimate of drug-likeness (QED) is 0.517. The molecule has 1 rings (SSSR count). The second-order valence-corrected chi connectivity index (χ2v) is 5.59. The smallest absolute Gasteiger partial charge is 0.230 e. The van der Waals surface area contributed by atoms with Crippen LogP contribution in [0, 0.1) is 0 Å². The molecule has 6 heteroatoms. The molecule has 3 N–H and O–H groups in total. The summed E-state index contributed by atoms with van der Waals surface area (Å²) >= 11 is 1.76. The SMILES string of the molecule is O=C(CSC1CCNCC1)NCCCOCCO. The Bertz CT molecular complexity index is 223. The zero-order chi connectivity index (χ0) is 13.1. The highest BCUT2D eigenvalue weighted by Crippen LogP contribution is 2.19. The van der Waals surface area contributed by atoms with E-state index in [4.69, 9.17) is 9.84 Å². The molecule has 18 heavy (non-hydrogen) atoms. The van der Waals surface area contributed by atoms with E-state index >= 15 is 0 Å². The summed E-state index contributed by atoms with van der Waals surface area (Å²) in [6, 6.07) is 0. The van der Waals surface area contributed by atoms with Gasteiger partial charge in [-0.05, 0) is 32.4 Å². The highest BCUT2D eigenvalue weighted by molar-refractivity contribution is 8.00. The summed E-state index contributed by atoms with van der Waals surface area (Å²) in [4.78, 5) is 11.5. The van der Waals surface area contributed by atoms with Gasteiger partial charge >= 0.3 is 0 Å². The zero-order valence-corrected chi connectivity index (χ0v) is 11.6. The van der Waals surface area contributed by atoms with Crippen LogP contribution in [0.3, 0.4) is 0 Å². The maximum Gasteiger partial charge on any atom is 0.230 e. The molecule has 0 unspecified atom stereocenters. The molecule has 1 aliphatic rings. The van der Waals surface area contributed by atoms with Crippen molar-refractivity contribution in [1.29, 1.82) is 0 Å². The number of rotatable bonds is 9. The number of carbonyl (C=O) groups is 1. The van der Waals surface area contributed by atoms with Gasteiger partial charge in [-0.3, -0.25) is 4.79 Å². The van der Waals surface area contributed by atoms with Gasteiger partial charge in [-0.25, -0.2) is 0 Å². The van der Waals surface area contributed by atoms with E-state index in [-0.39, 0.29) is 12.5 Å². The summed E-state index contributed by atoms with van der Waals surface area (Å²) in [6.07, 6.45) is 3.11. The van der Waals surface area contributed by atoms with Gasteiger partial charge in [0.2, 0.25) is 5.91 Å². The largest absolute Gasteiger partial charge is 0.394 e. The van der Waals surface area contributed by atoms with E-state index in [1.54, 1.807) is 11.8 Å².